The molecule has 2 heterocycles. The third-order valence-corrected chi connectivity index (χ3v) is 7.52. The Morgan fingerprint density at radius 2 is 1.15 bits per heavy atom. The minimum Gasteiger partial charge on any atom is -0.358 e. The monoisotopic (exact) mass is 1650 g/mol. The molecule has 19 heteroatoms. The first-order chi connectivity index (χ1) is 19.3. The van der Waals surface area contributed by atoms with Crippen molar-refractivity contribution in [3.05, 3.63) is 105 Å². The first kappa shape index (κ1) is 102. The molecule has 1 atom stereocenters. The topological polar surface area (TPSA) is 65.0 Å². The maximum Gasteiger partial charge on any atom is 0.251 e. The molecule has 14 radical (unpaired) electrons. The number of benzene rings is 2. The number of amidine groups is 1. The average Bonchev–Trinajstić information content (AvgIpc) is 2.98. The normalized spacial score (nSPS) is 13.4. The van der Waals surface area contributed by atoms with Crippen LogP contribution >= 0.6 is 0 Å². The molecular formula is C36H56BN4O2Y12-3. The van der Waals surface area contributed by atoms with Crippen LogP contribution < -0.4 is 5.32 Å². The van der Waals surface area contributed by atoms with Gasteiger partial charge in [-0.15, -0.1) is 0 Å². The van der Waals surface area contributed by atoms with Crippen molar-refractivity contribution in [1.29, 1.82) is 0 Å². The number of amides is 2. The standard InChI is InChI=1S/C29H35BN4O2.2C2H6.3CH3.12Y/c1-21-25(26(23-11-6-4-7-12-23)34(22(2)35)28(30)32-21)27(36)31-17-10-18-33-19-15-29(3,16-20-33)24-13-8-5-9-14-24;2*1-2;;;;;;;;;;;;;;;/h4-9,11-14,26H,10,15-20H2,1-3H3,(H,31,36);2*1-2H3;3*1H3;;;;;;;;;;;;/q;;;3*-1;;;;;;;;;;;;. The molecule has 2 amide bonds. The van der Waals surface area contributed by atoms with Crippen LogP contribution in [0, 0.1) is 22.3 Å². The zero-order chi connectivity index (χ0) is 29.7. The predicted molar refractivity (Wildman–Crippen MR) is 187 cm³/mol. The van der Waals surface area contributed by atoms with Crippen molar-refractivity contribution in [2.24, 2.45) is 4.99 Å². The summed E-state index contributed by atoms with van der Waals surface area (Å²) in [7, 11) is 6.10. The summed E-state index contributed by atoms with van der Waals surface area (Å²) in [6.45, 7) is 17.2. The van der Waals surface area contributed by atoms with E-state index < -0.39 is 6.04 Å². The molecule has 55 heavy (non-hydrogen) atoms. The van der Waals surface area contributed by atoms with E-state index in [1.165, 1.54) is 17.4 Å². The van der Waals surface area contributed by atoms with Crippen LogP contribution in [0.25, 0.3) is 0 Å². The molecule has 0 aromatic heterocycles. The third kappa shape index (κ3) is 35.8. The Kier molecular flexibility index (Phi) is 112. The maximum absolute atomic E-state index is 13.3. The smallest absolute Gasteiger partial charge is 0.251 e. The van der Waals surface area contributed by atoms with Crippen molar-refractivity contribution in [3.63, 3.8) is 0 Å². The number of piperidine rings is 1. The Balaban J connectivity index is -0.0000000714. The Morgan fingerprint density at radius 3 is 1.55 bits per heavy atom. The number of carbonyl (C=O) groups is 2. The number of carbonyl (C=O) groups excluding carboxylic acids is 2. The Labute approximate surface area is 642 Å². The van der Waals surface area contributed by atoms with Crippen molar-refractivity contribution in [3.8, 4) is 0 Å². The van der Waals surface area contributed by atoms with Crippen LogP contribution in [0.3, 0.4) is 0 Å². The molecular weight excluding hydrogens is 1600 g/mol. The fraction of sp³-hybridized carbons (Fsp3) is 0.444. The quantitative estimate of drug-likeness (QED) is 0.180. The van der Waals surface area contributed by atoms with Crippen LogP contribution in [0.2, 0.25) is 0 Å². The van der Waals surface area contributed by atoms with Gasteiger partial charge in [-0.1, -0.05) is 95.3 Å². The summed E-state index contributed by atoms with van der Waals surface area (Å²) in [5.74, 6) is -0.463. The molecule has 6 nitrogen and oxygen atoms in total. The molecule has 1 N–H and O–H groups in total. The maximum atomic E-state index is 13.3. The first-order valence-corrected chi connectivity index (χ1v) is 14.8. The van der Waals surface area contributed by atoms with Crippen molar-refractivity contribution in [1.82, 2.24) is 15.1 Å². The van der Waals surface area contributed by atoms with Crippen LogP contribution in [0.1, 0.15) is 84.9 Å². The number of hydrogen-bond donors (Lipinski definition) is 1. The third-order valence-electron chi connectivity index (χ3n) is 7.52. The zero-order valence-electron chi connectivity index (χ0n) is 35.5. The fourth-order valence-electron chi connectivity index (χ4n) is 5.33. The second-order valence-corrected chi connectivity index (χ2v) is 10.0. The van der Waals surface area contributed by atoms with E-state index in [1.807, 2.05) is 58.0 Å². The Bertz CT molecular complexity index is 1180. The van der Waals surface area contributed by atoms with Gasteiger partial charge in [-0.2, -0.15) is 0 Å². The Hall–Kier alpha value is 10.1. The molecule has 2 aromatic carbocycles. The SMILES string of the molecule is CC.CC.[B]C1=NC(C)=C(C(=O)NCCCN2CCC(C)(c3ccccc3)CC2)C(c2ccccc2)N1C(C)=O.[CH3-].[CH3-].[CH3-].[Y].[Y].[Y].[Y].[Y].[Y].[Y].[Y].[Y].[Y].[Y].[Y]. The molecule has 1 saturated heterocycles. The van der Waals surface area contributed by atoms with E-state index in [1.54, 1.807) is 6.92 Å². The summed E-state index contributed by atoms with van der Waals surface area (Å²) in [6.07, 6.45) is 3.13. The summed E-state index contributed by atoms with van der Waals surface area (Å²) in [5.41, 5.74) is 3.58. The van der Waals surface area contributed by atoms with Gasteiger partial charge in [-0.25, -0.2) is 0 Å². The van der Waals surface area contributed by atoms with E-state index in [0.717, 1.165) is 44.5 Å². The van der Waals surface area contributed by atoms with E-state index in [0.29, 0.717) is 17.8 Å². The van der Waals surface area contributed by atoms with Gasteiger partial charge in [-0.05, 0) is 62.4 Å². The van der Waals surface area contributed by atoms with E-state index in [2.05, 4.69) is 52.5 Å². The average molecular weight is 1650 g/mol. The summed E-state index contributed by atoms with van der Waals surface area (Å²) in [5, 5.41) is 3.07. The summed E-state index contributed by atoms with van der Waals surface area (Å²) >= 11 is 0. The molecule has 0 spiro atoms. The van der Waals surface area contributed by atoms with Gasteiger partial charge in [0.2, 0.25) is 5.91 Å². The molecule has 2 aliphatic rings. The van der Waals surface area contributed by atoms with E-state index >= 15 is 0 Å². The van der Waals surface area contributed by atoms with Crippen LogP contribution in [0.5, 0.6) is 0 Å². The van der Waals surface area contributed by atoms with Gasteiger partial charge in [0.1, 0.15) is 0 Å². The Morgan fingerprint density at radius 1 is 0.745 bits per heavy atom. The van der Waals surface area contributed by atoms with Gasteiger partial charge in [0.05, 0.1) is 17.3 Å². The number of allylic oxidation sites excluding steroid dienone is 1. The van der Waals surface area contributed by atoms with Gasteiger partial charge >= 0.3 is 0 Å². The molecule has 2 aromatic rings. The molecule has 2 aliphatic heterocycles. The van der Waals surface area contributed by atoms with Crippen molar-refractivity contribution in [2.75, 3.05) is 26.2 Å². The van der Waals surface area contributed by atoms with Crippen LogP contribution in [0.4, 0.5) is 0 Å². The second-order valence-electron chi connectivity index (χ2n) is 10.0. The van der Waals surface area contributed by atoms with E-state index in [-0.39, 0.29) is 438 Å². The molecule has 1 unspecified atom stereocenters. The van der Waals surface area contributed by atoms with Crippen molar-refractivity contribution < 1.29 is 402 Å². The van der Waals surface area contributed by atoms with Gasteiger partial charge in [0, 0.05) is 412 Å². The number of aliphatic imine (C=N–C) groups is 1. The summed E-state index contributed by atoms with van der Waals surface area (Å²) < 4.78 is 0. The van der Waals surface area contributed by atoms with Crippen molar-refractivity contribution >= 4 is 25.4 Å². The van der Waals surface area contributed by atoms with Crippen LogP contribution in [0.15, 0.2) is 76.9 Å². The van der Waals surface area contributed by atoms with Gasteiger partial charge in [0.25, 0.3) is 5.91 Å². The fourth-order valence-corrected chi connectivity index (χ4v) is 5.33. The number of likely N-dealkylation sites (tertiary alicyclic amines) is 1. The number of hydrogen-bond acceptors (Lipinski definition) is 4. The van der Waals surface area contributed by atoms with Gasteiger partial charge in [0.15, 0.2) is 7.85 Å². The molecule has 0 bridgehead atoms. The van der Waals surface area contributed by atoms with Crippen molar-refractivity contribution in [2.45, 2.75) is 79.2 Å². The largest absolute Gasteiger partial charge is 0.358 e. The summed E-state index contributed by atoms with van der Waals surface area (Å²) in [4.78, 5) is 34.0. The zero-order valence-corrected chi connectivity index (χ0v) is 69.5. The minimum atomic E-state index is -0.598. The number of rotatable bonds is 7. The molecule has 1 fully saturated rings. The molecule has 0 aliphatic carbocycles. The van der Waals surface area contributed by atoms with Gasteiger partial charge in [-0.3, -0.25) is 19.5 Å². The van der Waals surface area contributed by atoms with Crippen LogP contribution in [-0.4, -0.2) is 61.4 Å². The second kappa shape index (κ2) is 60.2. The predicted octanol–water partition coefficient (Wildman–Crippen LogP) is 7.32. The van der Waals surface area contributed by atoms with Crippen LogP contribution in [-0.2, 0) is 408 Å². The number of nitrogens with zero attached hydrogens (tertiary/aromatic N) is 3. The first-order valence-electron chi connectivity index (χ1n) is 14.8. The molecule has 4 rings (SSSR count). The minimum absolute atomic E-state index is 0. The van der Waals surface area contributed by atoms with E-state index in [4.69, 9.17) is 7.85 Å². The van der Waals surface area contributed by atoms with E-state index in [9.17, 15) is 9.59 Å². The number of nitrogens with one attached hydrogen (secondary N) is 1. The molecule has 274 valence electrons. The van der Waals surface area contributed by atoms with Gasteiger partial charge < -0.3 is 32.5 Å². The summed E-state index contributed by atoms with van der Waals surface area (Å²) in [6, 6.07) is 19.7. The molecule has 0 saturated carbocycles.